The van der Waals surface area contributed by atoms with Crippen LogP contribution >= 0.6 is 23.2 Å². The van der Waals surface area contributed by atoms with Crippen molar-refractivity contribution in [2.45, 2.75) is 77.9 Å². The second-order valence-electron chi connectivity index (χ2n) is 12.3. The molecule has 1 aromatic carbocycles. The number of amides is 1. The largest absolute Gasteiger partial charge is 0.304 e. The summed E-state index contributed by atoms with van der Waals surface area (Å²) in [5.41, 5.74) is 2.42. The summed E-state index contributed by atoms with van der Waals surface area (Å²) < 4.78 is 0. The van der Waals surface area contributed by atoms with Crippen LogP contribution in [-0.4, -0.2) is 32.9 Å². The smallest absolute Gasteiger partial charge is 0.275 e. The number of ketones is 1. The van der Waals surface area contributed by atoms with Crippen molar-refractivity contribution in [3.05, 3.63) is 75.5 Å². The molecule has 2 aromatic rings. The van der Waals surface area contributed by atoms with Crippen molar-refractivity contribution in [3.8, 4) is 0 Å². The van der Waals surface area contributed by atoms with Crippen LogP contribution in [-0.2, 0) is 4.79 Å². The lowest BCUT2D eigenvalue weighted by Crippen LogP contribution is -2.52. The van der Waals surface area contributed by atoms with Crippen LogP contribution in [0.25, 0.3) is 0 Å². The highest BCUT2D eigenvalue weighted by Gasteiger charge is 2.55. The van der Waals surface area contributed by atoms with E-state index in [9.17, 15) is 9.59 Å². The first-order valence-corrected chi connectivity index (χ1v) is 14.2. The number of carbonyl (C=O) groups is 2. The Hall–Kier alpha value is -2.50. The minimum atomic E-state index is -0.635. The Labute approximate surface area is 235 Å². The predicted molar refractivity (Wildman–Crippen MR) is 153 cm³/mol. The molecule has 1 atom stereocenters. The number of aliphatic imine (C=N–C) groups is 1. The molecule has 38 heavy (non-hydrogen) atoms. The summed E-state index contributed by atoms with van der Waals surface area (Å²) in [4.78, 5) is 38.7. The van der Waals surface area contributed by atoms with Crippen molar-refractivity contribution in [3.63, 3.8) is 0 Å². The van der Waals surface area contributed by atoms with Gasteiger partial charge in [0.15, 0.2) is 5.78 Å². The van der Waals surface area contributed by atoms with E-state index < -0.39 is 5.66 Å². The Bertz CT molecular complexity index is 1290. The van der Waals surface area contributed by atoms with Crippen molar-refractivity contribution >= 4 is 40.6 Å². The van der Waals surface area contributed by atoms with E-state index in [4.69, 9.17) is 33.2 Å². The van der Waals surface area contributed by atoms with Crippen molar-refractivity contribution in [1.29, 1.82) is 0 Å². The van der Waals surface area contributed by atoms with Crippen molar-refractivity contribution in [2.75, 3.05) is 0 Å². The van der Waals surface area contributed by atoms with E-state index >= 15 is 0 Å². The molecule has 3 aliphatic rings. The SMILES string of the molecule is C=C(C)C(=O)c1ccc(C(C2CC2)N2C(=O)C(c3cc(Cl)cc(Cl)c3)=NC23CCC(C(C)(C)C)CC3)nc1. The summed E-state index contributed by atoms with van der Waals surface area (Å²) in [6, 6.07) is 8.69. The van der Waals surface area contributed by atoms with Gasteiger partial charge < -0.3 is 4.90 Å². The van der Waals surface area contributed by atoms with E-state index in [1.54, 1.807) is 37.4 Å². The zero-order valence-corrected chi connectivity index (χ0v) is 24.1. The maximum Gasteiger partial charge on any atom is 0.275 e. The zero-order chi connectivity index (χ0) is 27.4. The van der Waals surface area contributed by atoms with E-state index in [0.717, 1.165) is 44.2 Å². The van der Waals surface area contributed by atoms with Gasteiger partial charge in [0.25, 0.3) is 5.91 Å². The molecule has 5 rings (SSSR count). The van der Waals surface area contributed by atoms with E-state index in [0.29, 0.717) is 44.3 Å². The van der Waals surface area contributed by atoms with Crippen LogP contribution in [0.5, 0.6) is 0 Å². The van der Waals surface area contributed by atoms with Crippen LogP contribution in [0, 0.1) is 17.3 Å². The van der Waals surface area contributed by atoms with Gasteiger partial charge in [0, 0.05) is 27.4 Å². The molecule has 7 heteroatoms. The maximum atomic E-state index is 14.3. The Kier molecular flexibility index (Phi) is 7.06. The zero-order valence-electron chi connectivity index (χ0n) is 22.6. The molecule has 200 valence electrons. The number of benzene rings is 1. The standard InChI is InChI=1S/C31H35Cl2N3O2/c1-18(2)28(37)20-8-9-25(34-17-20)27(19-6-7-19)36-29(38)26(21-14-23(32)16-24(33)15-21)35-31(36)12-10-22(11-13-31)30(3,4)5/h8-9,14-17,19,22,27H,1,6-7,10-13H2,2-5H3. The molecule has 1 aromatic heterocycles. The monoisotopic (exact) mass is 551 g/mol. The highest BCUT2D eigenvalue weighted by Crippen LogP contribution is 2.53. The van der Waals surface area contributed by atoms with Gasteiger partial charge in [-0.15, -0.1) is 0 Å². The average Bonchev–Trinajstić information content (AvgIpc) is 3.65. The normalized spacial score (nSPS) is 24.5. The molecule has 2 saturated carbocycles. The van der Waals surface area contributed by atoms with E-state index in [1.807, 2.05) is 11.0 Å². The lowest BCUT2D eigenvalue weighted by Gasteiger charge is -2.47. The number of Topliss-reactive ketones (excluding diaryl/α,β-unsaturated/α-hetero) is 1. The summed E-state index contributed by atoms with van der Waals surface area (Å²) in [6.07, 6.45) is 7.27. The minimum Gasteiger partial charge on any atom is -0.304 e. The molecular formula is C31H35Cl2N3O2. The topological polar surface area (TPSA) is 62.6 Å². The lowest BCUT2D eigenvalue weighted by molar-refractivity contribution is -0.134. The Balaban J connectivity index is 1.57. The fourth-order valence-electron chi connectivity index (χ4n) is 6.13. The summed E-state index contributed by atoms with van der Waals surface area (Å²) in [5.74, 6) is 0.654. The highest BCUT2D eigenvalue weighted by atomic mass is 35.5. The third-order valence-corrected chi connectivity index (χ3v) is 8.86. The van der Waals surface area contributed by atoms with Crippen molar-refractivity contribution < 1.29 is 9.59 Å². The van der Waals surface area contributed by atoms with E-state index in [1.165, 1.54) is 0 Å². The molecule has 2 heterocycles. The third kappa shape index (κ3) is 5.08. The second-order valence-corrected chi connectivity index (χ2v) is 13.2. The number of hydrogen-bond donors (Lipinski definition) is 0. The highest BCUT2D eigenvalue weighted by molar-refractivity contribution is 6.47. The molecule has 1 spiro atoms. The van der Waals surface area contributed by atoms with Crippen LogP contribution in [0.4, 0.5) is 0 Å². The first kappa shape index (κ1) is 27.1. The first-order chi connectivity index (χ1) is 17.9. The van der Waals surface area contributed by atoms with Crippen LogP contribution in [0.15, 0.2) is 53.7 Å². The van der Waals surface area contributed by atoms with Gasteiger partial charge in [0.2, 0.25) is 0 Å². The molecule has 2 fully saturated rings. The van der Waals surface area contributed by atoms with E-state index in [-0.39, 0.29) is 23.1 Å². The Morgan fingerprint density at radius 1 is 1.08 bits per heavy atom. The summed E-state index contributed by atoms with van der Waals surface area (Å²) in [7, 11) is 0. The number of nitrogens with zero attached hydrogens (tertiary/aromatic N) is 3. The number of aromatic nitrogens is 1. The summed E-state index contributed by atoms with van der Waals surface area (Å²) >= 11 is 12.7. The van der Waals surface area contributed by atoms with Gasteiger partial charge in [0.05, 0.1) is 11.7 Å². The quantitative estimate of drug-likeness (QED) is 0.271. The molecule has 1 amide bonds. The van der Waals surface area contributed by atoms with Crippen molar-refractivity contribution in [1.82, 2.24) is 9.88 Å². The molecule has 0 saturated heterocycles. The van der Waals surface area contributed by atoms with Gasteiger partial charge in [-0.1, -0.05) is 50.6 Å². The fraction of sp³-hybridized carbons (Fsp3) is 0.484. The number of hydrogen-bond acceptors (Lipinski definition) is 4. The molecule has 0 bridgehead atoms. The second kappa shape index (κ2) is 9.91. The number of allylic oxidation sites excluding steroid dienone is 1. The van der Waals surface area contributed by atoms with Gasteiger partial charge in [-0.05, 0) is 98.6 Å². The van der Waals surface area contributed by atoms with Gasteiger partial charge in [-0.25, -0.2) is 0 Å². The van der Waals surface area contributed by atoms with Crippen LogP contribution < -0.4 is 0 Å². The Morgan fingerprint density at radius 2 is 1.71 bits per heavy atom. The van der Waals surface area contributed by atoms with E-state index in [2.05, 4.69) is 27.4 Å². The van der Waals surface area contributed by atoms with Gasteiger partial charge in [0.1, 0.15) is 11.4 Å². The van der Waals surface area contributed by atoms with Crippen LogP contribution in [0.1, 0.15) is 93.9 Å². The van der Waals surface area contributed by atoms with Gasteiger partial charge >= 0.3 is 0 Å². The van der Waals surface area contributed by atoms with Crippen LogP contribution in [0.2, 0.25) is 10.0 Å². The van der Waals surface area contributed by atoms with Gasteiger partial charge in [-0.2, -0.15) is 0 Å². The predicted octanol–water partition coefficient (Wildman–Crippen LogP) is 7.86. The third-order valence-electron chi connectivity index (χ3n) is 8.42. The minimum absolute atomic E-state index is 0.0988. The molecule has 0 N–H and O–H groups in total. The van der Waals surface area contributed by atoms with Gasteiger partial charge in [-0.3, -0.25) is 19.6 Å². The Morgan fingerprint density at radius 3 is 2.21 bits per heavy atom. The van der Waals surface area contributed by atoms with Crippen molar-refractivity contribution in [2.24, 2.45) is 22.2 Å². The number of pyridine rings is 1. The lowest BCUT2D eigenvalue weighted by atomic mass is 9.69. The summed E-state index contributed by atoms with van der Waals surface area (Å²) in [6.45, 7) is 12.3. The van der Waals surface area contributed by atoms with Crippen LogP contribution in [0.3, 0.4) is 0 Å². The molecule has 0 radical (unpaired) electrons. The average molecular weight is 553 g/mol. The molecule has 1 aliphatic heterocycles. The number of carbonyl (C=O) groups excluding carboxylic acids is 2. The first-order valence-electron chi connectivity index (χ1n) is 13.5. The number of rotatable bonds is 6. The molecular weight excluding hydrogens is 517 g/mol. The fourth-order valence-corrected chi connectivity index (χ4v) is 6.66. The molecule has 2 aliphatic carbocycles. The maximum absolute atomic E-state index is 14.3. The molecule has 1 unspecified atom stereocenters. The summed E-state index contributed by atoms with van der Waals surface area (Å²) in [5, 5.41) is 0.954. The molecule has 5 nitrogen and oxygen atoms in total. The number of halogens is 2.